The molecule has 20 nitrogen and oxygen atoms in total. The Morgan fingerprint density at radius 2 is 1.25 bits per heavy atom. The predicted molar refractivity (Wildman–Crippen MR) is 194 cm³/mol. The number of carboxylic acids is 1. The number of carbonyl (C=O) groups is 3. The molecule has 20 heteroatoms. The molecule has 16 unspecified atom stereocenters. The summed E-state index contributed by atoms with van der Waals surface area (Å²) in [4.78, 5) is 35.6. The molecule has 6 rings (SSSR count). The highest BCUT2D eigenvalue weighted by Gasteiger charge is 2.54. The molecule has 0 aromatic carbocycles. The van der Waals surface area contributed by atoms with Crippen molar-refractivity contribution in [3.05, 3.63) is 12.2 Å². The highest BCUT2D eigenvalue weighted by Crippen LogP contribution is 2.45. The number of aliphatic carboxylic acids is 1. The topological polar surface area (TPSA) is 318 Å². The zero-order valence-electron chi connectivity index (χ0n) is 32.7. The van der Waals surface area contributed by atoms with E-state index in [0.717, 1.165) is 12.8 Å². The molecule has 3 aliphatic heterocycles. The minimum atomic E-state index is -1.86. The van der Waals surface area contributed by atoms with Crippen LogP contribution in [0.4, 0.5) is 0 Å². The lowest BCUT2D eigenvalue weighted by atomic mass is 9.73. The van der Waals surface area contributed by atoms with Crippen LogP contribution in [-0.2, 0) is 47.5 Å². The number of aliphatic hydroxyl groups excluding tert-OH is 9. The van der Waals surface area contributed by atoms with E-state index in [1.54, 1.807) is 6.08 Å². The Kier molecular flexibility index (Phi) is 16.1. The molecule has 0 aromatic heterocycles. The lowest BCUT2D eigenvalue weighted by Crippen LogP contribution is -2.63. The maximum atomic E-state index is 12.6. The summed E-state index contributed by atoms with van der Waals surface area (Å²) in [5.41, 5.74) is 0. The van der Waals surface area contributed by atoms with Crippen LogP contribution in [-0.4, -0.2) is 186 Å². The first-order valence-electron chi connectivity index (χ1n) is 20.7. The largest absolute Gasteiger partial charge is 0.481 e. The van der Waals surface area contributed by atoms with E-state index in [2.05, 4.69) is 0 Å². The molecule has 0 aromatic rings. The molecular formula is C39H60O20. The second-order valence-electron chi connectivity index (χ2n) is 16.9. The second kappa shape index (κ2) is 20.6. The maximum absolute atomic E-state index is 12.6. The number of carbonyl (C=O) groups excluding carboxylic acids is 2. The number of allylic oxidation sites excluding steroid dienone is 1. The zero-order chi connectivity index (χ0) is 42.5. The van der Waals surface area contributed by atoms with E-state index in [9.17, 15) is 60.3 Å². The number of carboxylic acid groups (broad SMARTS) is 1. The van der Waals surface area contributed by atoms with Crippen molar-refractivity contribution in [1.82, 2.24) is 0 Å². The number of aliphatic hydroxyl groups is 9. The van der Waals surface area contributed by atoms with E-state index < -0.39 is 141 Å². The molecule has 0 radical (unpaired) electrons. The second-order valence-corrected chi connectivity index (χ2v) is 16.9. The number of rotatable bonds is 13. The zero-order valence-corrected chi connectivity index (χ0v) is 32.7. The Morgan fingerprint density at radius 3 is 1.90 bits per heavy atom. The molecule has 3 saturated heterocycles. The van der Waals surface area contributed by atoms with Crippen LogP contribution in [0.1, 0.15) is 77.0 Å². The SMILES string of the molecule is O=C(O)CC(=O)OC1C(CO)OC(OC2CC(O)CC3OC(C4CCC(O)CC4)C(OC4OC(COC(=O)C=CC5CCC(O)CC5)C(O)C(O)C4O)CC23)C(O)C1O. The van der Waals surface area contributed by atoms with Gasteiger partial charge in [0.2, 0.25) is 0 Å². The van der Waals surface area contributed by atoms with E-state index in [-0.39, 0.29) is 37.2 Å². The van der Waals surface area contributed by atoms with Gasteiger partial charge in [0.15, 0.2) is 18.7 Å². The lowest BCUT2D eigenvalue weighted by molar-refractivity contribution is -0.344. The summed E-state index contributed by atoms with van der Waals surface area (Å²) in [6, 6.07) is 0. The number of hydrogen-bond donors (Lipinski definition) is 10. The number of hydrogen-bond acceptors (Lipinski definition) is 19. The Labute approximate surface area is 340 Å². The summed E-state index contributed by atoms with van der Waals surface area (Å²) in [5, 5.41) is 105. The molecule has 3 heterocycles. The van der Waals surface area contributed by atoms with Gasteiger partial charge in [0.1, 0.15) is 55.8 Å². The quantitative estimate of drug-likeness (QED) is 0.0521. The van der Waals surface area contributed by atoms with Gasteiger partial charge in [-0.25, -0.2) is 4.79 Å². The summed E-state index contributed by atoms with van der Waals surface area (Å²) >= 11 is 0. The van der Waals surface area contributed by atoms with Crippen molar-refractivity contribution in [3.8, 4) is 0 Å². The molecule has 59 heavy (non-hydrogen) atoms. The summed E-state index contributed by atoms with van der Waals surface area (Å²) in [6.45, 7) is -1.29. The van der Waals surface area contributed by atoms with E-state index in [4.69, 9.17) is 38.3 Å². The van der Waals surface area contributed by atoms with Crippen LogP contribution in [0.15, 0.2) is 12.2 Å². The third kappa shape index (κ3) is 11.5. The first-order chi connectivity index (χ1) is 28.1. The van der Waals surface area contributed by atoms with Gasteiger partial charge in [-0.3, -0.25) is 9.59 Å². The van der Waals surface area contributed by atoms with Crippen molar-refractivity contribution in [2.24, 2.45) is 17.8 Å². The number of esters is 2. The first-order valence-corrected chi connectivity index (χ1v) is 20.7. The van der Waals surface area contributed by atoms with Crippen LogP contribution in [0.25, 0.3) is 0 Å². The molecule has 10 N–H and O–H groups in total. The molecular weight excluding hydrogens is 788 g/mol. The molecule has 336 valence electrons. The Hall–Kier alpha value is -2.41. The van der Waals surface area contributed by atoms with Crippen molar-refractivity contribution in [3.63, 3.8) is 0 Å². The summed E-state index contributed by atoms with van der Waals surface area (Å²) in [7, 11) is 0. The van der Waals surface area contributed by atoms with Crippen molar-refractivity contribution >= 4 is 17.9 Å². The Bertz CT molecular complexity index is 1410. The normalized spacial score (nSPS) is 45.6. The van der Waals surface area contributed by atoms with Crippen molar-refractivity contribution in [1.29, 1.82) is 0 Å². The highest BCUT2D eigenvalue weighted by atomic mass is 16.7. The highest BCUT2D eigenvalue weighted by molar-refractivity contribution is 5.90. The van der Waals surface area contributed by atoms with Crippen molar-refractivity contribution < 1.29 is 98.6 Å². The van der Waals surface area contributed by atoms with Gasteiger partial charge < -0.3 is 84.2 Å². The summed E-state index contributed by atoms with van der Waals surface area (Å²) in [6.07, 6.45) is -14.1. The van der Waals surface area contributed by atoms with E-state index in [1.807, 2.05) is 0 Å². The third-order valence-electron chi connectivity index (χ3n) is 12.7. The molecule has 3 aliphatic carbocycles. The molecule has 0 bridgehead atoms. The van der Waals surface area contributed by atoms with Crippen molar-refractivity contribution in [2.75, 3.05) is 13.2 Å². The van der Waals surface area contributed by atoms with Gasteiger partial charge in [0.05, 0.1) is 49.3 Å². The minimum Gasteiger partial charge on any atom is -0.481 e. The minimum absolute atomic E-state index is 0.0130. The summed E-state index contributed by atoms with van der Waals surface area (Å²) in [5.74, 6) is -4.04. The van der Waals surface area contributed by atoms with Crippen LogP contribution < -0.4 is 0 Å². The van der Waals surface area contributed by atoms with Gasteiger partial charge >= 0.3 is 17.9 Å². The van der Waals surface area contributed by atoms with E-state index in [0.29, 0.717) is 38.5 Å². The maximum Gasteiger partial charge on any atom is 0.330 e. The van der Waals surface area contributed by atoms with E-state index in [1.165, 1.54) is 6.08 Å². The van der Waals surface area contributed by atoms with E-state index >= 15 is 0 Å². The number of fused-ring (bicyclic) bond motifs is 1. The van der Waals surface area contributed by atoms with Crippen LogP contribution in [0.2, 0.25) is 0 Å². The van der Waals surface area contributed by atoms with Crippen molar-refractivity contribution in [2.45, 2.75) is 181 Å². The molecule has 16 atom stereocenters. The Morgan fingerprint density at radius 1 is 0.644 bits per heavy atom. The van der Waals surface area contributed by atoms with Gasteiger partial charge in [0, 0.05) is 18.4 Å². The smallest absolute Gasteiger partial charge is 0.330 e. The van der Waals surface area contributed by atoms with Crippen LogP contribution >= 0.6 is 0 Å². The molecule has 0 amide bonds. The fourth-order valence-electron chi connectivity index (χ4n) is 9.37. The fraction of sp³-hybridized carbons (Fsp3) is 0.872. The van der Waals surface area contributed by atoms with Crippen LogP contribution in [0, 0.1) is 17.8 Å². The fourth-order valence-corrected chi connectivity index (χ4v) is 9.37. The van der Waals surface area contributed by atoms with Crippen LogP contribution in [0.5, 0.6) is 0 Å². The van der Waals surface area contributed by atoms with Gasteiger partial charge in [-0.1, -0.05) is 6.08 Å². The van der Waals surface area contributed by atoms with Gasteiger partial charge in [-0.05, 0) is 76.0 Å². The molecule has 0 spiro atoms. The van der Waals surface area contributed by atoms with Gasteiger partial charge in [-0.15, -0.1) is 0 Å². The van der Waals surface area contributed by atoms with Gasteiger partial charge in [-0.2, -0.15) is 0 Å². The molecule has 6 fully saturated rings. The summed E-state index contributed by atoms with van der Waals surface area (Å²) < 4.78 is 41.3. The monoisotopic (exact) mass is 848 g/mol. The third-order valence-corrected chi connectivity index (χ3v) is 12.7. The molecule has 6 aliphatic rings. The standard InChI is InChI=1S/C39H60O20/c40-15-26-37(59-30(47)14-28(44)45)33(50)35(52)39(57-26)55-24-12-21(43)11-23-22(24)13-25(36(54-23)18-4-8-20(42)9-5-18)56-38-34(51)32(49)31(48)27(58-38)16-53-29(46)10-3-17-1-6-19(41)7-2-17/h3,10,17-27,31-43,48-52H,1-2,4-9,11-16H2,(H,44,45). The first kappa shape index (κ1) is 46.1. The molecule has 3 saturated carbocycles. The number of ether oxygens (including phenoxy) is 7. The Balaban J connectivity index is 1.15. The average Bonchev–Trinajstić information content (AvgIpc) is 3.20. The average molecular weight is 849 g/mol. The predicted octanol–water partition coefficient (Wildman–Crippen LogP) is -2.48. The van der Waals surface area contributed by atoms with Gasteiger partial charge in [0.25, 0.3) is 0 Å². The van der Waals surface area contributed by atoms with Crippen LogP contribution in [0.3, 0.4) is 0 Å². The lowest BCUT2D eigenvalue weighted by Gasteiger charge is -2.52.